The number of primary amides is 1. The summed E-state index contributed by atoms with van der Waals surface area (Å²) >= 11 is 0. The number of anilines is 1. The van der Waals surface area contributed by atoms with Gasteiger partial charge in [0.1, 0.15) is 19.3 Å². The number of hydrogen-bond donors (Lipinski definition) is 5. The van der Waals surface area contributed by atoms with E-state index >= 15 is 0 Å². The number of benzene rings is 1. The lowest BCUT2D eigenvalue weighted by molar-refractivity contribution is -0.142. The van der Waals surface area contributed by atoms with Gasteiger partial charge in [0, 0.05) is 31.3 Å². The van der Waals surface area contributed by atoms with Crippen LogP contribution in [0.3, 0.4) is 0 Å². The van der Waals surface area contributed by atoms with Crippen molar-refractivity contribution < 1.29 is 47.8 Å². The van der Waals surface area contributed by atoms with E-state index in [-0.39, 0.29) is 45.4 Å². The summed E-state index contributed by atoms with van der Waals surface area (Å²) in [5.74, 6) is -2.53. The molecule has 0 aliphatic carbocycles. The number of carbonyl (C=O) groups is 7. The summed E-state index contributed by atoms with van der Waals surface area (Å²) in [5, 5.41) is 10.0. The predicted octanol–water partition coefficient (Wildman–Crippen LogP) is 1.59. The second-order valence-electron chi connectivity index (χ2n) is 9.81. The van der Waals surface area contributed by atoms with Crippen LogP contribution in [0.5, 0.6) is 0 Å². The molecule has 0 fully saturated rings. The molecule has 7 amide bonds. The van der Waals surface area contributed by atoms with Crippen LogP contribution in [0.1, 0.15) is 53.5 Å². The molecule has 1 heterocycles. The van der Waals surface area contributed by atoms with Gasteiger partial charge in [-0.3, -0.25) is 28.9 Å². The lowest BCUT2D eigenvalue weighted by atomic mass is 10.0. The highest BCUT2D eigenvalue weighted by Crippen LogP contribution is 2.10. The second kappa shape index (κ2) is 24.3. The van der Waals surface area contributed by atoms with Crippen LogP contribution in [0.4, 0.5) is 15.3 Å². The Bertz CT molecular complexity index is 1190. The predicted molar refractivity (Wildman–Crippen MR) is 173 cm³/mol. The first kappa shape index (κ1) is 42.0. The van der Waals surface area contributed by atoms with E-state index in [1.807, 2.05) is 20.8 Å². The molecular formula is C31H48N6O10. The fourth-order valence-corrected chi connectivity index (χ4v) is 3.41. The number of rotatable bonds is 16. The van der Waals surface area contributed by atoms with Crippen molar-refractivity contribution in [3.8, 4) is 0 Å². The maximum atomic E-state index is 12.6. The summed E-state index contributed by atoms with van der Waals surface area (Å²) in [5.41, 5.74) is 5.98. The highest BCUT2D eigenvalue weighted by atomic mass is 16.6. The summed E-state index contributed by atoms with van der Waals surface area (Å²) in [6.45, 7) is 11.3. The van der Waals surface area contributed by atoms with Crippen molar-refractivity contribution in [1.82, 2.24) is 20.9 Å². The van der Waals surface area contributed by atoms with Gasteiger partial charge >= 0.3 is 18.1 Å². The number of nitrogens with zero attached hydrogens (tertiary/aromatic N) is 1. The molecule has 16 nitrogen and oxygen atoms in total. The zero-order valence-electron chi connectivity index (χ0n) is 27.9. The molecular weight excluding hydrogens is 616 g/mol. The molecule has 16 heteroatoms. The average Bonchev–Trinajstić information content (AvgIpc) is 3.36. The van der Waals surface area contributed by atoms with Crippen LogP contribution in [0.15, 0.2) is 36.4 Å². The normalized spacial score (nSPS) is 12.1. The molecule has 0 spiro atoms. The Hall–Kier alpha value is -4.99. The smallest absolute Gasteiger partial charge is 0.407 e. The molecule has 47 heavy (non-hydrogen) atoms. The van der Waals surface area contributed by atoms with Gasteiger partial charge in [0.2, 0.25) is 11.8 Å². The maximum Gasteiger partial charge on any atom is 0.407 e. The molecule has 1 atom stereocenters. The zero-order chi connectivity index (χ0) is 35.8. The monoisotopic (exact) mass is 664 g/mol. The van der Waals surface area contributed by atoms with Crippen molar-refractivity contribution in [3.05, 3.63) is 42.0 Å². The topological polar surface area (TPSA) is 225 Å². The van der Waals surface area contributed by atoms with Crippen molar-refractivity contribution >= 4 is 47.4 Å². The van der Waals surface area contributed by atoms with E-state index in [1.165, 1.54) is 19.1 Å². The van der Waals surface area contributed by atoms with Gasteiger partial charge < -0.3 is 41.2 Å². The Morgan fingerprint density at radius 1 is 0.894 bits per heavy atom. The minimum atomic E-state index is -0.948. The summed E-state index contributed by atoms with van der Waals surface area (Å²) in [6.07, 6.45) is 2.45. The molecule has 0 bridgehead atoms. The fraction of sp³-hybridized carbons (Fsp3) is 0.516. The van der Waals surface area contributed by atoms with Gasteiger partial charge in [-0.05, 0) is 30.0 Å². The number of ether oxygens (including phenoxy) is 3. The second-order valence-corrected chi connectivity index (χ2v) is 9.81. The Morgan fingerprint density at radius 2 is 1.51 bits per heavy atom. The van der Waals surface area contributed by atoms with Crippen molar-refractivity contribution in [1.29, 1.82) is 0 Å². The first-order valence-electron chi connectivity index (χ1n) is 15.2. The van der Waals surface area contributed by atoms with Crippen molar-refractivity contribution in [2.75, 3.05) is 44.8 Å². The van der Waals surface area contributed by atoms with E-state index in [1.54, 1.807) is 38.1 Å². The van der Waals surface area contributed by atoms with Gasteiger partial charge in [0.05, 0.1) is 26.3 Å². The van der Waals surface area contributed by atoms with Crippen LogP contribution in [0.2, 0.25) is 0 Å². The number of imide groups is 1. The highest BCUT2D eigenvalue weighted by Gasteiger charge is 2.25. The summed E-state index contributed by atoms with van der Waals surface area (Å²) in [4.78, 5) is 81.5. The third-order valence-corrected chi connectivity index (χ3v) is 5.70. The van der Waals surface area contributed by atoms with E-state index in [9.17, 15) is 33.6 Å². The number of urea groups is 1. The van der Waals surface area contributed by atoms with Gasteiger partial charge in [-0.1, -0.05) is 46.8 Å². The van der Waals surface area contributed by atoms with E-state index < -0.39 is 47.8 Å². The van der Waals surface area contributed by atoms with E-state index in [0.717, 1.165) is 16.9 Å². The molecule has 1 aromatic carbocycles. The molecule has 1 aliphatic rings. The van der Waals surface area contributed by atoms with E-state index in [4.69, 9.17) is 19.9 Å². The zero-order valence-corrected chi connectivity index (χ0v) is 27.9. The first-order chi connectivity index (χ1) is 22.3. The Labute approximate surface area is 275 Å². The fourth-order valence-electron chi connectivity index (χ4n) is 3.41. The Balaban J connectivity index is 0.00000207. The molecule has 0 saturated carbocycles. The number of esters is 1. The number of carbonyl (C=O) groups excluding carboxylic acids is 7. The third-order valence-electron chi connectivity index (χ3n) is 5.70. The van der Waals surface area contributed by atoms with Gasteiger partial charge in [-0.15, -0.1) is 0 Å². The van der Waals surface area contributed by atoms with Crippen LogP contribution in [-0.2, 0) is 44.8 Å². The van der Waals surface area contributed by atoms with Gasteiger partial charge in [0.25, 0.3) is 11.8 Å². The lowest BCUT2D eigenvalue weighted by Gasteiger charge is -2.21. The minimum absolute atomic E-state index is 0.0283. The van der Waals surface area contributed by atoms with Crippen LogP contribution in [-0.4, -0.2) is 92.1 Å². The number of amides is 7. The summed E-state index contributed by atoms with van der Waals surface area (Å²) in [7, 11) is 0. The summed E-state index contributed by atoms with van der Waals surface area (Å²) in [6, 6.07) is 5.27. The number of nitrogens with one attached hydrogen (secondary N) is 4. The Kier molecular flexibility index (Phi) is 21.7. The molecule has 0 radical (unpaired) electrons. The minimum Gasteiger partial charge on any atom is -0.461 e. The van der Waals surface area contributed by atoms with Crippen LogP contribution in [0, 0.1) is 5.92 Å². The SMILES string of the molecule is CC.CC(=O)OCc1ccc(NC(=O)CNC(=O)C(NC(=O)OCCOCCN2C(=O)C=CC2=O)C(C)C)cc1.CCCNC(N)=O. The van der Waals surface area contributed by atoms with Crippen molar-refractivity contribution in [3.63, 3.8) is 0 Å². The lowest BCUT2D eigenvalue weighted by Crippen LogP contribution is -2.51. The molecule has 2 rings (SSSR count). The molecule has 0 saturated heterocycles. The van der Waals surface area contributed by atoms with Crippen LogP contribution >= 0.6 is 0 Å². The summed E-state index contributed by atoms with van der Waals surface area (Å²) < 4.78 is 15.2. The average molecular weight is 665 g/mol. The number of nitrogens with two attached hydrogens (primary N) is 1. The van der Waals surface area contributed by atoms with Gasteiger partial charge in [-0.2, -0.15) is 0 Å². The highest BCUT2D eigenvalue weighted by molar-refractivity contribution is 6.12. The molecule has 1 unspecified atom stereocenters. The van der Waals surface area contributed by atoms with Gasteiger partial charge in [0.15, 0.2) is 0 Å². The quantitative estimate of drug-likeness (QED) is 0.0974. The largest absolute Gasteiger partial charge is 0.461 e. The molecule has 262 valence electrons. The van der Waals surface area contributed by atoms with Gasteiger partial charge in [-0.25, -0.2) is 9.59 Å². The van der Waals surface area contributed by atoms with Crippen molar-refractivity contribution in [2.45, 2.75) is 60.6 Å². The molecule has 6 N–H and O–H groups in total. The first-order valence-corrected chi connectivity index (χ1v) is 15.2. The van der Waals surface area contributed by atoms with Crippen LogP contribution < -0.4 is 27.0 Å². The molecule has 1 aliphatic heterocycles. The number of hydrogen-bond acceptors (Lipinski definition) is 10. The third kappa shape index (κ3) is 19.2. The molecule has 1 aromatic rings. The van der Waals surface area contributed by atoms with Crippen molar-refractivity contribution in [2.24, 2.45) is 11.7 Å². The van der Waals surface area contributed by atoms with Crippen LogP contribution in [0.25, 0.3) is 0 Å². The maximum absolute atomic E-state index is 12.6. The Morgan fingerprint density at radius 3 is 2.02 bits per heavy atom. The van der Waals surface area contributed by atoms with E-state index in [0.29, 0.717) is 12.2 Å². The molecule has 0 aromatic heterocycles. The number of alkyl carbamates (subject to hydrolysis) is 1. The van der Waals surface area contributed by atoms with E-state index in [2.05, 4.69) is 21.3 Å². The standard InChI is InChI=1S/C25H32N4O9.C4H10N2O.C2H6/c1-16(2)23(28-25(35)37-13-12-36-11-10-29-21(32)8-9-22(29)33)24(34)26-14-20(31)27-19-6-4-18(5-7-19)15-38-17(3)30;1-2-3-6-4(5)7;1-2/h4-9,16,23H,10-15H2,1-3H3,(H,26,34)(H,27,31)(H,28,35);2-3H2,1H3,(H3,5,6,7);1-2H3.